The molecule has 0 N–H and O–H groups in total. The van der Waals surface area contributed by atoms with E-state index in [0.29, 0.717) is 31.0 Å². The molecule has 5 heteroatoms. The van der Waals surface area contributed by atoms with Gasteiger partial charge in [0.05, 0.1) is 28.8 Å². The molecule has 0 saturated carbocycles. The molecule has 0 spiro atoms. The number of rotatable bonds is 4. The summed E-state index contributed by atoms with van der Waals surface area (Å²) in [5.41, 5.74) is 3.02. The molecule has 2 aliphatic rings. The standard InChI is InChI=1S/C18H18O3S2/c1-3-9-22-18-16(17-20-7-8-21-17)14(19)11-15(23-18)13-6-4-5-12(2)10-13/h1,4-6,10,15,17H,7-9,11H2,2H3. The van der Waals surface area contributed by atoms with Crippen LogP contribution in [0.15, 0.2) is 34.1 Å². The molecule has 1 atom stereocenters. The number of carbonyl (C=O) groups excluding carboxylic acids is 1. The first-order valence-corrected chi connectivity index (χ1v) is 9.35. The smallest absolute Gasteiger partial charge is 0.189 e. The summed E-state index contributed by atoms with van der Waals surface area (Å²) >= 11 is 3.22. The lowest BCUT2D eigenvalue weighted by atomic mass is 10.0. The molecular formula is C18H18O3S2. The van der Waals surface area contributed by atoms with E-state index in [1.165, 1.54) is 22.9 Å². The zero-order valence-corrected chi connectivity index (χ0v) is 14.5. The van der Waals surface area contributed by atoms with Crippen molar-refractivity contribution in [1.29, 1.82) is 0 Å². The Labute approximate surface area is 145 Å². The fourth-order valence-electron chi connectivity index (χ4n) is 2.65. The molecule has 2 aliphatic heterocycles. The number of aryl methyl sites for hydroxylation is 1. The van der Waals surface area contributed by atoms with Crippen LogP contribution < -0.4 is 0 Å². The van der Waals surface area contributed by atoms with Crippen LogP contribution in [-0.4, -0.2) is 31.0 Å². The van der Waals surface area contributed by atoms with Crippen LogP contribution >= 0.6 is 23.5 Å². The average Bonchev–Trinajstić information content (AvgIpc) is 3.06. The van der Waals surface area contributed by atoms with E-state index >= 15 is 0 Å². The highest BCUT2D eigenvalue weighted by molar-refractivity contribution is 8.22. The van der Waals surface area contributed by atoms with Gasteiger partial charge in [0.15, 0.2) is 12.1 Å². The number of benzene rings is 1. The highest BCUT2D eigenvalue weighted by Gasteiger charge is 2.36. The third-order valence-corrected chi connectivity index (χ3v) is 6.29. The van der Waals surface area contributed by atoms with Gasteiger partial charge in [0.25, 0.3) is 0 Å². The number of hydrogen-bond acceptors (Lipinski definition) is 5. The van der Waals surface area contributed by atoms with E-state index in [1.54, 1.807) is 11.8 Å². The predicted molar refractivity (Wildman–Crippen MR) is 95.1 cm³/mol. The van der Waals surface area contributed by atoms with Crippen molar-refractivity contribution in [3.8, 4) is 12.3 Å². The molecule has 0 aliphatic carbocycles. The van der Waals surface area contributed by atoms with E-state index in [1.807, 2.05) is 6.07 Å². The molecule has 23 heavy (non-hydrogen) atoms. The Morgan fingerprint density at radius 2 is 2.17 bits per heavy atom. The molecule has 1 aromatic carbocycles. The maximum Gasteiger partial charge on any atom is 0.189 e. The monoisotopic (exact) mass is 346 g/mol. The minimum atomic E-state index is -0.534. The van der Waals surface area contributed by atoms with Gasteiger partial charge in [0.2, 0.25) is 0 Å². The molecule has 1 unspecified atom stereocenters. The molecule has 3 nitrogen and oxygen atoms in total. The van der Waals surface area contributed by atoms with E-state index in [4.69, 9.17) is 15.9 Å². The van der Waals surface area contributed by atoms with Crippen LogP contribution in [0.3, 0.4) is 0 Å². The van der Waals surface area contributed by atoms with Crippen LogP contribution in [0.4, 0.5) is 0 Å². The molecule has 1 fully saturated rings. The third kappa shape index (κ3) is 3.84. The fraction of sp³-hybridized carbons (Fsp3) is 0.389. The Kier molecular flexibility index (Phi) is 5.50. The van der Waals surface area contributed by atoms with Crippen LogP contribution in [0, 0.1) is 19.3 Å². The lowest BCUT2D eigenvalue weighted by molar-refractivity contribution is -0.119. The maximum atomic E-state index is 12.7. The van der Waals surface area contributed by atoms with Gasteiger partial charge in [-0.2, -0.15) is 0 Å². The Morgan fingerprint density at radius 3 is 2.87 bits per heavy atom. The SMILES string of the molecule is C#CCSC1=C(C2OCCO2)C(=O)CC(c2cccc(C)c2)S1. The van der Waals surface area contributed by atoms with Crippen molar-refractivity contribution in [3.63, 3.8) is 0 Å². The first kappa shape index (κ1) is 16.7. The molecule has 0 aromatic heterocycles. The molecule has 0 bridgehead atoms. The van der Waals surface area contributed by atoms with Crippen molar-refractivity contribution < 1.29 is 14.3 Å². The van der Waals surface area contributed by atoms with Crippen molar-refractivity contribution in [3.05, 3.63) is 45.2 Å². The number of carbonyl (C=O) groups is 1. The number of ether oxygens (including phenoxy) is 2. The molecule has 0 amide bonds. The van der Waals surface area contributed by atoms with E-state index in [2.05, 4.69) is 31.0 Å². The van der Waals surface area contributed by atoms with Gasteiger partial charge in [-0.1, -0.05) is 35.7 Å². The van der Waals surface area contributed by atoms with Gasteiger partial charge >= 0.3 is 0 Å². The van der Waals surface area contributed by atoms with Crippen molar-refractivity contribution in [2.75, 3.05) is 19.0 Å². The minimum Gasteiger partial charge on any atom is -0.346 e. The summed E-state index contributed by atoms with van der Waals surface area (Å²) in [6, 6.07) is 8.32. The topological polar surface area (TPSA) is 35.5 Å². The van der Waals surface area contributed by atoms with E-state index in [9.17, 15) is 4.79 Å². The molecule has 2 heterocycles. The normalized spacial score (nSPS) is 22.4. The van der Waals surface area contributed by atoms with Gasteiger partial charge in [0.1, 0.15) is 0 Å². The van der Waals surface area contributed by atoms with Crippen molar-refractivity contribution in [1.82, 2.24) is 0 Å². The van der Waals surface area contributed by atoms with Gasteiger partial charge in [-0.15, -0.1) is 29.9 Å². The molecule has 0 radical (unpaired) electrons. The summed E-state index contributed by atoms with van der Waals surface area (Å²) in [6.45, 7) is 3.12. The molecular weight excluding hydrogens is 328 g/mol. The summed E-state index contributed by atoms with van der Waals surface area (Å²) in [5, 5.41) is 0.118. The van der Waals surface area contributed by atoms with E-state index < -0.39 is 6.29 Å². The van der Waals surface area contributed by atoms with Gasteiger partial charge in [0, 0.05) is 11.7 Å². The summed E-state index contributed by atoms with van der Waals surface area (Å²) < 4.78 is 12.0. The summed E-state index contributed by atoms with van der Waals surface area (Å²) in [6.07, 6.45) is 5.33. The molecule has 1 saturated heterocycles. The zero-order chi connectivity index (χ0) is 16.2. The Bertz CT molecular complexity index is 669. The average molecular weight is 346 g/mol. The number of hydrogen-bond donors (Lipinski definition) is 0. The maximum absolute atomic E-state index is 12.7. The minimum absolute atomic E-state index is 0.0988. The van der Waals surface area contributed by atoms with Crippen LogP contribution in [-0.2, 0) is 14.3 Å². The van der Waals surface area contributed by atoms with Gasteiger partial charge in [-0.3, -0.25) is 4.79 Å². The van der Waals surface area contributed by atoms with Crippen molar-refractivity contribution in [2.45, 2.75) is 24.9 Å². The molecule has 120 valence electrons. The van der Waals surface area contributed by atoms with Crippen LogP contribution in [0.1, 0.15) is 22.8 Å². The van der Waals surface area contributed by atoms with E-state index in [-0.39, 0.29) is 11.0 Å². The first-order chi connectivity index (χ1) is 11.2. The Balaban J connectivity index is 1.90. The summed E-state index contributed by atoms with van der Waals surface area (Å²) in [4.78, 5) is 12.7. The van der Waals surface area contributed by atoms with Gasteiger partial charge < -0.3 is 9.47 Å². The van der Waals surface area contributed by atoms with Crippen molar-refractivity contribution >= 4 is 29.3 Å². The van der Waals surface area contributed by atoms with E-state index in [0.717, 1.165) is 4.24 Å². The number of thioether (sulfide) groups is 2. The molecule has 3 rings (SSSR count). The quantitative estimate of drug-likeness (QED) is 0.777. The van der Waals surface area contributed by atoms with Gasteiger partial charge in [-0.05, 0) is 12.5 Å². The van der Waals surface area contributed by atoms with Crippen LogP contribution in [0.25, 0.3) is 0 Å². The second kappa shape index (κ2) is 7.59. The summed E-state index contributed by atoms with van der Waals surface area (Å²) in [5.74, 6) is 3.26. The second-order valence-corrected chi connectivity index (χ2v) is 7.87. The zero-order valence-electron chi connectivity index (χ0n) is 12.9. The number of Topliss-reactive ketones (excluding diaryl/α,β-unsaturated/α-hetero) is 1. The Morgan fingerprint density at radius 1 is 1.39 bits per heavy atom. The Hall–Kier alpha value is -1.19. The van der Waals surface area contributed by atoms with Crippen molar-refractivity contribution in [2.24, 2.45) is 0 Å². The van der Waals surface area contributed by atoms with Gasteiger partial charge in [-0.25, -0.2) is 0 Å². The predicted octanol–water partition coefficient (Wildman–Crippen LogP) is 3.69. The lowest BCUT2D eigenvalue weighted by Crippen LogP contribution is -2.24. The largest absolute Gasteiger partial charge is 0.346 e. The lowest BCUT2D eigenvalue weighted by Gasteiger charge is -2.27. The fourth-order valence-corrected chi connectivity index (χ4v) is 5.14. The first-order valence-electron chi connectivity index (χ1n) is 7.49. The van der Waals surface area contributed by atoms with Crippen LogP contribution in [0.5, 0.6) is 0 Å². The highest BCUT2D eigenvalue weighted by atomic mass is 32.2. The number of terminal acetylenes is 1. The van der Waals surface area contributed by atoms with Crippen LogP contribution in [0.2, 0.25) is 0 Å². The number of ketones is 1. The summed E-state index contributed by atoms with van der Waals surface area (Å²) in [7, 11) is 0. The molecule has 1 aromatic rings. The second-order valence-electron chi connectivity index (χ2n) is 5.42. The third-order valence-electron chi connectivity index (χ3n) is 3.70. The highest BCUT2D eigenvalue weighted by Crippen LogP contribution is 2.49.